The lowest BCUT2D eigenvalue weighted by molar-refractivity contribution is 0.606. The van der Waals surface area contributed by atoms with E-state index in [1.807, 2.05) is 0 Å². The molecule has 0 aliphatic heterocycles. The predicted octanol–water partition coefficient (Wildman–Crippen LogP) is 2.88. The number of rotatable bonds is 2. The Kier molecular flexibility index (Phi) is 2.39. The molecule has 13 heavy (non-hydrogen) atoms. The van der Waals surface area contributed by atoms with Crippen LogP contribution < -0.4 is 0 Å². The monoisotopic (exact) mass is 220 g/mol. The molecule has 2 rings (SSSR count). The summed E-state index contributed by atoms with van der Waals surface area (Å²) in [5.74, 6) is 0.444. The van der Waals surface area contributed by atoms with Crippen molar-refractivity contribution in [2.24, 2.45) is 5.92 Å². The van der Waals surface area contributed by atoms with Crippen LogP contribution in [0.5, 0.6) is 0 Å². The van der Waals surface area contributed by atoms with E-state index in [1.54, 1.807) is 0 Å². The average Bonchev–Trinajstić information content (AvgIpc) is 2.84. The molecule has 1 heterocycles. The molecule has 1 saturated carbocycles. The molecule has 70 valence electrons. The molecule has 2 nitrogen and oxygen atoms in total. The second-order valence-electron chi connectivity index (χ2n) is 3.18. The Morgan fingerprint density at radius 1 is 1.23 bits per heavy atom. The van der Waals surface area contributed by atoms with E-state index in [1.165, 1.54) is 12.8 Å². The first-order valence-corrected chi connectivity index (χ1v) is 4.80. The number of hydrogen-bond acceptors (Lipinski definition) is 2. The third-order valence-corrected chi connectivity index (χ3v) is 2.49. The molecule has 0 amide bonds. The van der Waals surface area contributed by atoms with E-state index in [0.29, 0.717) is 11.7 Å². The molecule has 0 spiro atoms. The highest BCUT2D eigenvalue weighted by Crippen LogP contribution is 2.32. The molecule has 0 aromatic carbocycles. The first-order valence-electron chi connectivity index (χ1n) is 4.04. The van der Waals surface area contributed by atoms with Gasteiger partial charge in [0.25, 0.3) is 0 Å². The second-order valence-corrected chi connectivity index (χ2v) is 3.90. The van der Waals surface area contributed by atoms with Crippen molar-refractivity contribution in [3.63, 3.8) is 0 Å². The van der Waals surface area contributed by atoms with Crippen molar-refractivity contribution in [1.82, 2.24) is 9.97 Å². The predicted molar refractivity (Wildman–Crippen MR) is 48.4 cm³/mol. The lowest BCUT2D eigenvalue weighted by atomic mass is 10.3. The minimum absolute atomic E-state index is 0.185. The molecule has 5 heteroatoms. The molecule has 1 aromatic rings. The molecular formula is C8H7Cl2FN2. The zero-order valence-corrected chi connectivity index (χ0v) is 8.24. The zero-order valence-electron chi connectivity index (χ0n) is 6.73. The molecule has 0 unspecified atom stereocenters. The van der Waals surface area contributed by atoms with Crippen LogP contribution in [0.4, 0.5) is 4.39 Å². The van der Waals surface area contributed by atoms with Crippen molar-refractivity contribution >= 4 is 23.2 Å². The van der Waals surface area contributed by atoms with Gasteiger partial charge < -0.3 is 0 Å². The van der Waals surface area contributed by atoms with Crippen molar-refractivity contribution in [1.29, 1.82) is 0 Å². The molecule has 0 atom stereocenters. The summed E-state index contributed by atoms with van der Waals surface area (Å²) in [6, 6.07) is 0. The maximum absolute atomic E-state index is 12.9. The van der Waals surface area contributed by atoms with Crippen molar-refractivity contribution in [2.75, 3.05) is 0 Å². The normalized spacial score (nSPS) is 16.2. The molecule has 0 saturated heterocycles. The van der Waals surface area contributed by atoms with Gasteiger partial charge in [-0.05, 0) is 18.8 Å². The Morgan fingerprint density at radius 3 is 2.23 bits per heavy atom. The van der Waals surface area contributed by atoms with Crippen LogP contribution in [-0.2, 0) is 6.42 Å². The summed E-state index contributed by atoms with van der Waals surface area (Å²) < 4.78 is 12.9. The maximum Gasteiger partial charge on any atom is 0.197 e. The number of hydrogen-bond donors (Lipinski definition) is 0. The number of nitrogens with zero attached hydrogens (tertiary/aromatic N) is 2. The Balaban J connectivity index is 2.25. The summed E-state index contributed by atoms with van der Waals surface area (Å²) in [5.41, 5.74) is 0. The summed E-state index contributed by atoms with van der Waals surface area (Å²) >= 11 is 11.0. The lowest BCUT2D eigenvalue weighted by Gasteiger charge is -2.00. The lowest BCUT2D eigenvalue weighted by Crippen LogP contribution is -1.99. The minimum Gasteiger partial charge on any atom is -0.218 e. The minimum atomic E-state index is -0.733. The van der Waals surface area contributed by atoms with Crippen LogP contribution in [0.1, 0.15) is 18.7 Å². The van der Waals surface area contributed by atoms with Gasteiger partial charge in [0.15, 0.2) is 16.1 Å². The van der Waals surface area contributed by atoms with Gasteiger partial charge in [-0.3, -0.25) is 0 Å². The van der Waals surface area contributed by atoms with Gasteiger partial charge in [-0.2, -0.15) is 0 Å². The van der Waals surface area contributed by atoms with E-state index >= 15 is 0 Å². The standard InChI is InChI=1S/C8H7Cl2FN2/c9-7-6(11)8(10)13-5(12-7)3-4-1-2-4/h4H,1-3H2. The van der Waals surface area contributed by atoms with Gasteiger partial charge in [0, 0.05) is 6.42 Å². The molecule has 0 bridgehead atoms. The smallest absolute Gasteiger partial charge is 0.197 e. The van der Waals surface area contributed by atoms with E-state index < -0.39 is 5.82 Å². The van der Waals surface area contributed by atoms with E-state index in [0.717, 1.165) is 6.42 Å². The third kappa shape index (κ3) is 2.09. The van der Waals surface area contributed by atoms with Crippen LogP contribution in [-0.4, -0.2) is 9.97 Å². The van der Waals surface area contributed by atoms with E-state index in [2.05, 4.69) is 9.97 Å². The molecular weight excluding hydrogens is 214 g/mol. The van der Waals surface area contributed by atoms with Gasteiger partial charge in [0.1, 0.15) is 5.82 Å². The Morgan fingerprint density at radius 2 is 1.77 bits per heavy atom. The highest BCUT2D eigenvalue weighted by Gasteiger charge is 2.23. The fourth-order valence-corrected chi connectivity index (χ4v) is 1.53. The van der Waals surface area contributed by atoms with E-state index in [9.17, 15) is 4.39 Å². The van der Waals surface area contributed by atoms with E-state index in [4.69, 9.17) is 23.2 Å². The summed E-state index contributed by atoms with van der Waals surface area (Å²) in [6.07, 6.45) is 3.13. The molecule has 1 aromatic heterocycles. The number of halogens is 3. The van der Waals surface area contributed by atoms with Crippen LogP contribution in [0.3, 0.4) is 0 Å². The fraction of sp³-hybridized carbons (Fsp3) is 0.500. The van der Waals surface area contributed by atoms with Gasteiger partial charge in [0.2, 0.25) is 0 Å². The molecule has 1 aliphatic carbocycles. The van der Waals surface area contributed by atoms with E-state index in [-0.39, 0.29) is 10.3 Å². The SMILES string of the molecule is Fc1c(Cl)nc(CC2CC2)nc1Cl. The second kappa shape index (κ2) is 3.39. The van der Waals surface area contributed by atoms with Crippen molar-refractivity contribution in [2.45, 2.75) is 19.3 Å². The van der Waals surface area contributed by atoms with Gasteiger partial charge in [-0.1, -0.05) is 23.2 Å². The van der Waals surface area contributed by atoms with Crippen LogP contribution in [0.25, 0.3) is 0 Å². The highest BCUT2D eigenvalue weighted by atomic mass is 35.5. The first kappa shape index (κ1) is 9.16. The van der Waals surface area contributed by atoms with Crippen molar-refractivity contribution in [3.8, 4) is 0 Å². The average molecular weight is 221 g/mol. The number of aromatic nitrogens is 2. The molecule has 0 N–H and O–H groups in total. The Labute approximate surface area is 85.1 Å². The maximum atomic E-state index is 12.9. The quantitative estimate of drug-likeness (QED) is 0.717. The molecule has 0 radical (unpaired) electrons. The summed E-state index contributed by atoms with van der Waals surface area (Å²) in [6.45, 7) is 0. The summed E-state index contributed by atoms with van der Waals surface area (Å²) in [7, 11) is 0. The van der Waals surface area contributed by atoms with Crippen molar-refractivity contribution < 1.29 is 4.39 Å². The summed E-state index contributed by atoms with van der Waals surface area (Å²) in [5, 5.41) is -0.369. The molecule has 1 aliphatic rings. The van der Waals surface area contributed by atoms with Gasteiger partial charge >= 0.3 is 0 Å². The van der Waals surface area contributed by atoms with Gasteiger partial charge in [-0.15, -0.1) is 0 Å². The van der Waals surface area contributed by atoms with Crippen LogP contribution in [0.2, 0.25) is 10.3 Å². The van der Waals surface area contributed by atoms with Crippen molar-refractivity contribution in [3.05, 3.63) is 21.9 Å². The van der Waals surface area contributed by atoms with Crippen LogP contribution in [0.15, 0.2) is 0 Å². The first-order chi connectivity index (χ1) is 6.16. The van der Waals surface area contributed by atoms with Gasteiger partial charge in [-0.25, -0.2) is 14.4 Å². The topological polar surface area (TPSA) is 25.8 Å². The largest absolute Gasteiger partial charge is 0.218 e. The highest BCUT2D eigenvalue weighted by molar-refractivity contribution is 6.33. The Hall–Kier alpha value is -0.410. The fourth-order valence-electron chi connectivity index (χ4n) is 1.11. The van der Waals surface area contributed by atoms with Gasteiger partial charge in [0.05, 0.1) is 0 Å². The molecule has 1 fully saturated rings. The summed E-state index contributed by atoms with van der Waals surface area (Å²) in [4.78, 5) is 7.62. The van der Waals surface area contributed by atoms with Crippen LogP contribution in [0, 0.1) is 11.7 Å². The van der Waals surface area contributed by atoms with Crippen LogP contribution >= 0.6 is 23.2 Å². The third-order valence-electron chi connectivity index (χ3n) is 1.98. The Bertz CT molecular complexity index is 316. The zero-order chi connectivity index (χ0) is 9.42.